The molecule has 1 atom stereocenters. The summed E-state index contributed by atoms with van der Waals surface area (Å²) < 4.78 is 23.4. The molecule has 0 saturated carbocycles. The molecule has 3 N–H and O–H groups in total. The number of hydrogen-bond acceptors (Lipinski definition) is 7. The fraction of sp³-hybridized carbons (Fsp3) is 0.429. The minimum atomic E-state index is -3.48. The second-order valence-corrected chi connectivity index (χ2v) is 6.67. The molecule has 0 spiro atoms. The molecule has 1 aromatic carbocycles. The van der Waals surface area contributed by atoms with E-state index in [1.807, 2.05) is 0 Å². The summed E-state index contributed by atoms with van der Waals surface area (Å²) in [7, 11) is -3.48. The molecule has 0 saturated heterocycles. The molecule has 0 bridgehead atoms. The van der Waals surface area contributed by atoms with E-state index in [0.717, 1.165) is 0 Å². The number of nitrogens with zero attached hydrogens (tertiary/aromatic N) is 1. The van der Waals surface area contributed by atoms with Gasteiger partial charge < -0.3 is 20.1 Å². The maximum Gasteiger partial charge on any atom is 0.360 e. The van der Waals surface area contributed by atoms with Crippen molar-refractivity contribution >= 4 is 19.0 Å². The van der Waals surface area contributed by atoms with Crippen LogP contribution in [-0.2, 0) is 13.6 Å². The van der Waals surface area contributed by atoms with Crippen LogP contribution in [0.2, 0.25) is 0 Å². The molecule has 0 aromatic heterocycles. The predicted octanol–water partition coefficient (Wildman–Crippen LogP) is 3.46. The van der Waals surface area contributed by atoms with Gasteiger partial charge in [-0.15, -0.1) is 0 Å². The molecule has 128 valence electrons. The number of nitro benzene ring substituents is 1. The van der Waals surface area contributed by atoms with Crippen molar-refractivity contribution in [1.82, 2.24) is 0 Å². The number of anilines is 1. The van der Waals surface area contributed by atoms with Crippen LogP contribution in [0.3, 0.4) is 0 Å². The fourth-order valence-corrected chi connectivity index (χ4v) is 3.60. The van der Waals surface area contributed by atoms with Gasteiger partial charge in [0.25, 0.3) is 5.69 Å². The average molecular weight is 343 g/mol. The summed E-state index contributed by atoms with van der Waals surface area (Å²) in [6, 6.07) is 5.27. The van der Waals surface area contributed by atoms with E-state index in [2.05, 4.69) is 5.32 Å². The molecule has 0 fully saturated rings. The molecule has 1 unspecified atom stereocenters. The summed E-state index contributed by atoms with van der Waals surface area (Å²) in [6.45, 7) is 5.55. The summed E-state index contributed by atoms with van der Waals surface area (Å²) >= 11 is 0. The Morgan fingerprint density at radius 1 is 1.35 bits per heavy atom. The first-order chi connectivity index (χ1) is 10.8. The molecule has 0 radical (unpaired) electrons. The Morgan fingerprint density at radius 2 is 1.87 bits per heavy atom. The first-order valence-corrected chi connectivity index (χ1v) is 8.74. The summed E-state index contributed by atoms with van der Waals surface area (Å²) in [5.41, 5.74) is 6.46. The van der Waals surface area contributed by atoms with Crippen LogP contribution in [0.1, 0.15) is 20.8 Å². The lowest BCUT2D eigenvalue weighted by Crippen LogP contribution is -2.20. The Labute approximate surface area is 135 Å². The van der Waals surface area contributed by atoms with Crippen LogP contribution in [0.5, 0.6) is 0 Å². The summed E-state index contributed by atoms with van der Waals surface area (Å²) in [6.07, 6.45) is 1.47. The third-order valence-electron chi connectivity index (χ3n) is 2.85. The van der Waals surface area contributed by atoms with E-state index in [1.165, 1.54) is 18.3 Å². The number of hydrogen-bond donors (Lipinski definition) is 2. The van der Waals surface area contributed by atoms with Crippen LogP contribution in [0, 0.1) is 10.1 Å². The molecule has 0 aliphatic carbocycles. The first kappa shape index (κ1) is 19.3. The fourth-order valence-electron chi connectivity index (χ4n) is 1.82. The van der Waals surface area contributed by atoms with Gasteiger partial charge in [-0.25, -0.2) is 0 Å². The zero-order valence-electron chi connectivity index (χ0n) is 13.4. The SMILES string of the molecule is CCOP(=O)(OCC)/C(=C/Nc1ccc([N+](=O)[O-])cc1)C(C)N. The minimum Gasteiger partial charge on any atom is -0.361 e. The van der Waals surface area contributed by atoms with Gasteiger partial charge in [0.2, 0.25) is 0 Å². The molecule has 0 aliphatic heterocycles. The zero-order valence-corrected chi connectivity index (χ0v) is 14.3. The van der Waals surface area contributed by atoms with Crippen LogP contribution in [0.4, 0.5) is 11.4 Å². The molecule has 1 rings (SSSR count). The van der Waals surface area contributed by atoms with Gasteiger partial charge in [0.05, 0.1) is 23.5 Å². The third kappa shape index (κ3) is 5.44. The van der Waals surface area contributed by atoms with Crippen molar-refractivity contribution in [2.24, 2.45) is 5.73 Å². The van der Waals surface area contributed by atoms with E-state index in [-0.39, 0.29) is 18.9 Å². The lowest BCUT2D eigenvalue weighted by atomic mass is 10.3. The predicted molar refractivity (Wildman–Crippen MR) is 89.3 cm³/mol. The second-order valence-electron chi connectivity index (χ2n) is 4.64. The second kappa shape index (κ2) is 8.79. The molecule has 8 nitrogen and oxygen atoms in total. The van der Waals surface area contributed by atoms with Gasteiger partial charge in [0, 0.05) is 30.1 Å². The van der Waals surface area contributed by atoms with Crippen molar-refractivity contribution in [3.63, 3.8) is 0 Å². The minimum absolute atomic E-state index is 0.0127. The van der Waals surface area contributed by atoms with Crippen molar-refractivity contribution in [2.75, 3.05) is 18.5 Å². The number of non-ortho nitro benzene ring substituents is 1. The van der Waals surface area contributed by atoms with Crippen LogP contribution < -0.4 is 11.1 Å². The monoisotopic (exact) mass is 343 g/mol. The number of benzene rings is 1. The Kier molecular flexibility index (Phi) is 7.38. The van der Waals surface area contributed by atoms with Crippen molar-refractivity contribution in [3.05, 3.63) is 45.9 Å². The Morgan fingerprint density at radius 3 is 2.26 bits per heavy atom. The largest absolute Gasteiger partial charge is 0.361 e. The lowest BCUT2D eigenvalue weighted by Gasteiger charge is -2.22. The van der Waals surface area contributed by atoms with Crippen LogP contribution in [0.25, 0.3) is 0 Å². The highest BCUT2D eigenvalue weighted by molar-refractivity contribution is 7.58. The van der Waals surface area contributed by atoms with Crippen molar-refractivity contribution in [2.45, 2.75) is 26.8 Å². The van der Waals surface area contributed by atoms with Gasteiger partial charge in [-0.05, 0) is 32.9 Å². The van der Waals surface area contributed by atoms with Gasteiger partial charge in [-0.1, -0.05) is 0 Å². The van der Waals surface area contributed by atoms with E-state index in [0.29, 0.717) is 11.0 Å². The van der Waals surface area contributed by atoms with Crippen LogP contribution in [-0.4, -0.2) is 24.2 Å². The van der Waals surface area contributed by atoms with Crippen molar-refractivity contribution < 1.29 is 18.5 Å². The lowest BCUT2D eigenvalue weighted by molar-refractivity contribution is -0.384. The van der Waals surface area contributed by atoms with Gasteiger partial charge in [0.1, 0.15) is 0 Å². The van der Waals surface area contributed by atoms with Crippen LogP contribution in [0.15, 0.2) is 35.8 Å². The molecule has 23 heavy (non-hydrogen) atoms. The Hall–Kier alpha value is -1.73. The molecule has 0 heterocycles. The van der Waals surface area contributed by atoms with Gasteiger partial charge >= 0.3 is 7.60 Å². The van der Waals surface area contributed by atoms with E-state index in [9.17, 15) is 14.7 Å². The maximum absolute atomic E-state index is 12.8. The molecule has 9 heteroatoms. The first-order valence-electron chi connectivity index (χ1n) is 7.20. The summed E-state index contributed by atoms with van der Waals surface area (Å²) in [5.74, 6) is 0. The van der Waals surface area contributed by atoms with Gasteiger partial charge in [-0.2, -0.15) is 0 Å². The highest BCUT2D eigenvalue weighted by Crippen LogP contribution is 2.56. The number of rotatable bonds is 9. The molecule has 0 aliphatic rings. The molecular weight excluding hydrogens is 321 g/mol. The number of nitro groups is 1. The average Bonchev–Trinajstić information content (AvgIpc) is 2.48. The summed E-state index contributed by atoms with van der Waals surface area (Å²) in [5, 5.41) is 13.9. The Balaban J connectivity index is 3.02. The van der Waals surface area contributed by atoms with E-state index in [4.69, 9.17) is 14.8 Å². The maximum atomic E-state index is 12.8. The van der Waals surface area contributed by atoms with Crippen molar-refractivity contribution in [3.8, 4) is 0 Å². The standard InChI is InChI=1S/C14H22N3O5P/c1-4-21-23(20,22-5-2)14(11(3)15)10-16-12-6-8-13(9-7-12)17(18)19/h6-11,16H,4-5,15H2,1-3H3/b14-10+. The normalized spacial score (nSPS) is 13.7. The summed E-state index contributed by atoms with van der Waals surface area (Å²) in [4.78, 5) is 10.1. The quantitative estimate of drug-likeness (QED) is 0.400. The number of nitrogens with two attached hydrogens (primary N) is 1. The topological polar surface area (TPSA) is 117 Å². The highest BCUT2D eigenvalue weighted by Gasteiger charge is 2.32. The zero-order chi connectivity index (χ0) is 17.5. The van der Waals surface area contributed by atoms with E-state index < -0.39 is 18.6 Å². The van der Waals surface area contributed by atoms with E-state index >= 15 is 0 Å². The third-order valence-corrected chi connectivity index (χ3v) is 5.21. The highest BCUT2D eigenvalue weighted by atomic mass is 31.2. The van der Waals surface area contributed by atoms with Crippen LogP contribution >= 0.6 is 7.60 Å². The smallest absolute Gasteiger partial charge is 0.360 e. The molecule has 0 amide bonds. The van der Waals surface area contributed by atoms with Gasteiger partial charge in [0.15, 0.2) is 0 Å². The van der Waals surface area contributed by atoms with E-state index in [1.54, 1.807) is 32.9 Å². The molecule has 1 aromatic rings. The molecular formula is C14H22N3O5P. The Bertz CT molecular complexity index is 591. The number of nitrogens with one attached hydrogen (secondary N) is 1. The van der Waals surface area contributed by atoms with Gasteiger partial charge in [-0.3, -0.25) is 14.7 Å². The van der Waals surface area contributed by atoms with Crippen molar-refractivity contribution in [1.29, 1.82) is 0 Å².